The fraction of sp³-hybridized carbons (Fsp3) is 0.143. The summed E-state index contributed by atoms with van der Waals surface area (Å²) in [5.41, 5.74) is 4.62. The molecule has 4 aromatic rings. The lowest BCUT2D eigenvalue weighted by Gasteiger charge is -2.15. The summed E-state index contributed by atoms with van der Waals surface area (Å²) in [6.45, 7) is 1.63. The Morgan fingerprint density at radius 3 is 2.74 bits per heavy atom. The number of para-hydroxylation sites is 1. The van der Waals surface area contributed by atoms with E-state index in [9.17, 15) is 9.18 Å². The predicted octanol–water partition coefficient (Wildman–Crippen LogP) is 3.71. The summed E-state index contributed by atoms with van der Waals surface area (Å²) in [5, 5.41) is 5.46. The van der Waals surface area contributed by atoms with Crippen LogP contribution in [0, 0.1) is 5.82 Å². The van der Waals surface area contributed by atoms with E-state index in [4.69, 9.17) is 0 Å². The molecule has 1 amide bonds. The molecular formula is C21H17FN4O. The molecule has 0 aliphatic carbocycles. The molecule has 6 heteroatoms. The number of benzene rings is 2. The van der Waals surface area contributed by atoms with Crippen LogP contribution in [0.25, 0.3) is 10.9 Å². The third kappa shape index (κ3) is 2.79. The Kier molecular flexibility index (Phi) is 3.57. The summed E-state index contributed by atoms with van der Waals surface area (Å²) >= 11 is 0. The van der Waals surface area contributed by atoms with E-state index in [1.807, 2.05) is 46.1 Å². The summed E-state index contributed by atoms with van der Waals surface area (Å²) in [4.78, 5) is 17.9. The van der Waals surface area contributed by atoms with E-state index in [-0.39, 0.29) is 11.7 Å². The number of amides is 1. The maximum Gasteiger partial charge on any atom is 0.270 e. The van der Waals surface area contributed by atoms with Crippen molar-refractivity contribution in [2.24, 2.45) is 0 Å². The van der Waals surface area contributed by atoms with Crippen molar-refractivity contribution >= 4 is 16.8 Å². The first-order valence-electron chi connectivity index (χ1n) is 8.82. The number of carbonyl (C=O) groups excluding carboxylic acids is 1. The predicted molar refractivity (Wildman–Crippen MR) is 99.6 cm³/mol. The van der Waals surface area contributed by atoms with Gasteiger partial charge in [-0.25, -0.2) is 4.39 Å². The standard InChI is InChI=1S/C21H17FN4O/c22-17-7-5-14(6-8-17)11-26-20-13-25(12-16(20)10-23-26)21(27)19-9-15-3-1-2-4-18(15)24-19/h1-10,24H,11-13H2. The molecular weight excluding hydrogens is 343 g/mol. The van der Waals surface area contributed by atoms with Gasteiger partial charge in [0.05, 0.1) is 25.0 Å². The lowest BCUT2D eigenvalue weighted by atomic mass is 10.2. The fourth-order valence-corrected chi connectivity index (χ4v) is 3.61. The Balaban J connectivity index is 1.36. The van der Waals surface area contributed by atoms with Gasteiger partial charge in [-0.2, -0.15) is 5.10 Å². The zero-order valence-corrected chi connectivity index (χ0v) is 14.5. The Morgan fingerprint density at radius 2 is 1.93 bits per heavy atom. The van der Waals surface area contributed by atoms with Crippen LogP contribution in [0.1, 0.15) is 27.3 Å². The zero-order valence-electron chi connectivity index (χ0n) is 14.5. The fourth-order valence-electron chi connectivity index (χ4n) is 3.61. The van der Waals surface area contributed by atoms with Gasteiger partial charge >= 0.3 is 0 Å². The van der Waals surface area contributed by atoms with Gasteiger partial charge in [0.25, 0.3) is 5.91 Å². The lowest BCUT2D eigenvalue weighted by Crippen LogP contribution is -2.26. The minimum absolute atomic E-state index is 0.0178. The second-order valence-corrected chi connectivity index (χ2v) is 6.83. The molecule has 27 heavy (non-hydrogen) atoms. The molecule has 1 aliphatic heterocycles. The highest BCUT2D eigenvalue weighted by molar-refractivity contribution is 5.98. The molecule has 0 unspecified atom stereocenters. The van der Waals surface area contributed by atoms with Gasteiger partial charge in [-0.3, -0.25) is 9.48 Å². The second kappa shape index (κ2) is 6.09. The molecule has 0 saturated heterocycles. The van der Waals surface area contributed by atoms with Crippen LogP contribution in [0.2, 0.25) is 0 Å². The smallest absolute Gasteiger partial charge is 0.270 e. The second-order valence-electron chi connectivity index (χ2n) is 6.83. The van der Waals surface area contributed by atoms with Gasteiger partial charge in [0.15, 0.2) is 0 Å². The van der Waals surface area contributed by atoms with E-state index in [2.05, 4.69) is 10.1 Å². The van der Waals surface area contributed by atoms with Gasteiger partial charge in [0, 0.05) is 23.0 Å². The topological polar surface area (TPSA) is 53.9 Å². The highest BCUT2D eigenvalue weighted by atomic mass is 19.1. The van der Waals surface area contributed by atoms with Crippen LogP contribution in [0.3, 0.4) is 0 Å². The van der Waals surface area contributed by atoms with Crippen molar-refractivity contribution in [3.63, 3.8) is 0 Å². The van der Waals surface area contributed by atoms with Gasteiger partial charge in [0.1, 0.15) is 11.5 Å². The van der Waals surface area contributed by atoms with E-state index in [0.717, 1.165) is 27.7 Å². The van der Waals surface area contributed by atoms with Crippen molar-refractivity contribution in [1.29, 1.82) is 0 Å². The van der Waals surface area contributed by atoms with Crippen molar-refractivity contribution in [2.75, 3.05) is 0 Å². The molecule has 1 N–H and O–H groups in total. The van der Waals surface area contributed by atoms with Crippen LogP contribution in [-0.2, 0) is 19.6 Å². The molecule has 134 valence electrons. The maximum absolute atomic E-state index is 13.1. The molecule has 3 heterocycles. The number of H-pyrrole nitrogens is 1. The number of carbonyl (C=O) groups is 1. The SMILES string of the molecule is O=C(c1cc2ccccc2[nH]1)N1Cc2cnn(Cc3ccc(F)cc3)c2C1. The molecule has 0 fully saturated rings. The average Bonchev–Trinajstić information content (AvgIpc) is 3.38. The Bertz CT molecular complexity index is 1110. The number of hydrogen-bond acceptors (Lipinski definition) is 2. The quantitative estimate of drug-likeness (QED) is 0.606. The number of nitrogens with zero attached hydrogens (tertiary/aromatic N) is 3. The van der Waals surface area contributed by atoms with Crippen LogP contribution in [0.4, 0.5) is 4.39 Å². The van der Waals surface area contributed by atoms with Crippen LogP contribution >= 0.6 is 0 Å². The molecule has 5 rings (SSSR count). The summed E-state index contributed by atoms with van der Waals surface area (Å²) in [6, 6.07) is 16.2. The average molecular weight is 360 g/mol. The maximum atomic E-state index is 13.1. The van der Waals surface area contributed by atoms with Crippen LogP contribution in [0.5, 0.6) is 0 Å². The third-order valence-corrected chi connectivity index (χ3v) is 5.03. The number of nitrogens with one attached hydrogen (secondary N) is 1. The van der Waals surface area contributed by atoms with Crippen molar-refractivity contribution < 1.29 is 9.18 Å². The van der Waals surface area contributed by atoms with Crippen molar-refractivity contribution in [2.45, 2.75) is 19.6 Å². The number of hydrogen-bond donors (Lipinski definition) is 1. The number of rotatable bonds is 3. The van der Waals surface area contributed by atoms with Crippen molar-refractivity contribution in [3.8, 4) is 0 Å². The van der Waals surface area contributed by atoms with E-state index in [0.29, 0.717) is 25.3 Å². The minimum atomic E-state index is -0.250. The van der Waals surface area contributed by atoms with Crippen LogP contribution in [0.15, 0.2) is 60.8 Å². The summed E-state index contributed by atoms with van der Waals surface area (Å²) in [6.07, 6.45) is 1.82. The van der Waals surface area contributed by atoms with Gasteiger partial charge in [0.2, 0.25) is 0 Å². The van der Waals surface area contributed by atoms with Crippen LogP contribution < -0.4 is 0 Å². The lowest BCUT2D eigenvalue weighted by molar-refractivity contribution is 0.0743. The first kappa shape index (κ1) is 15.8. The number of aromatic nitrogens is 3. The molecule has 0 spiro atoms. The summed E-state index contributed by atoms with van der Waals surface area (Å²) in [7, 11) is 0. The highest BCUT2D eigenvalue weighted by Gasteiger charge is 2.28. The molecule has 0 bridgehead atoms. The monoisotopic (exact) mass is 360 g/mol. The Morgan fingerprint density at radius 1 is 1.11 bits per heavy atom. The van der Waals surface area contributed by atoms with Gasteiger partial charge in [-0.15, -0.1) is 0 Å². The Labute approximate surface area is 155 Å². The van der Waals surface area contributed by atoms with Gasteiger partial charge in [-0.1, -0.05) is 30.3 Å². The minimum Gasteiger partial charge on any atom is -0.351 e. The van der Waals surface area contributed by atoms with E-state index in [1.54, 1.807) is 12.1 Å². The summed E-state index contributed by atoms with van der Waals surface area (Å²) < 4.78 is 15.0. The van der Waals surface area contributed by atoms with Crippen molar-refractivity contribution in [1.82, 2.24) is 19.7 Å². The molecule has 2 aromatic carbocycles. The molecule has 2 aromatic heterocycles. The number of fused-ring (bicyclic) bond motifs is 2. The van der Waals surface area contributed by atoms with Crippen molar-refractivity contribution in [3.05, 3.63) is 89.1 Å². The van der Waals surface area contributed by atoms with Gasteiger partial charge < -0.3 is 9.88 Å². The van der Waals surface area contributed by atoms with Crippen LogP contribution in [-0.4, -0.2) is 25.6 Å². The molecule has 0 radical (unpaired) electrons. The Hall–Kier alpha value is -3.41. The zero-order chi connectivity index (χ0) is 18.4. The van der Waals surface area contributed by atoms with E-state index in [1.165, 1.54) is 12.1 Å². The van der Waals surface area contributed by atoms with E-state index >= 15 is 0 Å². The third-order valence-electron chi connectivity index (χ3n) is 5.03. The molecule has 0 atom stereocenters. The highest BCUT2D eigenvalue weighted by Crippen LogP contribution is 2.26. The van der Waals surface area contributed by atoms with E-state index < -0.39 is 0 Å². The number of aromatic amines is 1. The normalized spacial score (nSPS) is 13.3. The number of halogens is 1. The molecule has 0 saturated carbocycles. The van der Waals surface area contributed by atoms with Gasteiger partial charge in [-0.05, 0) is 29.8 Å². The summed E-state index contributed by atoms with van der Waals surface area (Å²) in [5.74, 6) is -0.268. The molecule has 1 aliphatic rings. The molecule has 5 nitrogen and oxygen atoms in total. The largest absolute Gasteiger partial charge is 0.351 e. The first-order valence-corrected chi connectivity index (χ1v) is 8.82. The first-order chi connectivity index (χ1) is 13.2.